The minimum Gasteiger partial charge on any atom is -0.469 e. The minimum absolute atomic E-state index is 0.458. The van der Waals surface area contributed by atoms with Crippen molar-refractivity contribution in [3.8, 4) is 0 Å². The molecule has 114 valence electrons. The Hall–Kier alpha value is -0.760. The first kappa shape index (κ1) is 15.6. The van der Waals surface area contributed by atoms with Gasteiger partial charge in [-0.2, -0.15) is 0 Å². The molecule has 2 heteroatoms. The molecule has 1 aliphatic rings. The molecule has 0 saturated heterocycles. The van der Waals surface area contributed by atoms with E-state index in [1.54, 1.807) is 6.26 Å². The summed E-state index contributed by atoms with van der Waals surface area (Å²) in [5, 5.41) is 3.85. The molecule has 2 nitrogen and oxygen atoms in total. The van der Waals surface area contributed by atoms with Crippen molar-refractivity contribution in [2.75, 3.05) is 0 Å². The van der Waals surface area contributed by atoms with Gasteiger partial charge in [0.2, 0.25) is 0 Å². The van der Waals surface area contributed by atoms with Crippen molar-refractivity contribution in [3.63, 3.8) is 0 Å². The van der Waals surface area contributed by atoms with Gasteiger partial charge in [0.05, 0.1) is 6.26 Å². The maximum atomic E-state index is 5.41. The molecule has 0 spiro atoms. The Morgan fingerprint density at radius 1 is 1.25 bits per heavy atom. The normalized spacial score (nSPS) is 23.6. The van der Waals surface area contributed by atoms with Crippen molar-refractivity contribution in [1.29, 1.82) is 0 Å². The van der Waals surface area contributed by atoms with Crippen molar-refractivity contribution in [1.82, 2.24) is 5.32 Å². The first-order valence-electron chi connectivity index (χ1n) is 8.04. The minimum atomic E-state index is 0.458. The summed E-state index contributed by atoms with van der Waals surface area (Å²) < 4.78 is 5.41. The van der Waals surface area contributed by atoms with Crippen LogP contribution in [0.2, 0.25) is 0 Å². The molecule has 1 aromatic rings. The zero-order chi connectivity index (χ0) is 14.8. The van der Waals surface area contributed by atoms with Crippen molar-refractivity contribution >= 4 is 0 Å². The molecule has 1 N–H and O–H groups in total. The summed E-state index contributed by atoms with van der Waals surface area (Å²) in [6.07, 6.45) is 7.85. The molecular formula is C18H31NO. The lowest BCUT2D eigenvalue weighted by molar-refractivity contribution is 0.0806. The maximum absolute atomic E-state index is 5.41. The topological polar surface area (TPSA) is 25.2 Å². The van der Waals surface area contributed by atoms with Gasteiger partial charge in [0.25, 0.3) is 0 Å². The molecule has 1 saturated carbocycles. The fourth-order valence-electron chi connectivity index (χ4n) is 4.26. The standard InChI is InChI=1S/C18H31NO/c1-14(8-9-16-7-6-10-20-16)19-15-11-17(2,3)13-18(4,5)12-15/h6-7,10,14-15,19H,8-9,11-13H2,1-5H3. The summed E-state index contributed by atoms with van der Waals surface area (Å²) in [7, 11) is 0. The van der Waals surface area contributed by atoms with Crippen LogP contribution < -0.4 is 5.32 Å². The monoisotopic (exact) mass is 277 g/mol. The average Bonchev–Trinajstić information content (AvgIpc) is 2.74. The van der Waals surface area contributed by atoms with Crippen molar-refractivity contribution in [3.05, 3.63) is 24.2 Å². The van der Waals surface area contributed by atoms with Crippen LogP contribution in [0.1, 0.15) is 66.1 Å². The van der Waals surface area contributed by atoms with E-state index in [-0.39, 0.29) is 0 Å². The van der Waals surface area contributed by atoms with Gasteiger partial charge in [-0.15, -0.1) is 0 Å². The highest BCUT2D eigenvalue weighted by atomic mass is 16.3. The fourth-order valence-corrected chi connectivity index (χ4v) is 4.26. The van der Waals surface area contributed by atoms with Crippen LogP contribution >= 0.6 is 0 Å². The number of hydrogen-bond donors (Lipinski definition) is 1. The summed E-state index contributed by atoms with van der Waals surface area (Å²) in [6, 6.07) is 5.24. The number of furan rings is 1. The van der Waals surface area contributed by atoms with Gasteiger partial charge in [0.1, 0.15) is 5.76 Å². The lowest BCUT2D eigenvalue weighted by Gasteiger charge is -2.46. The number of aryl methyl sites for hydroxylation is 1. The molecule has 0 radical (unpaired) electrons. The Labute approximate surface area is 124 Å². The quantitative estimate of drug-likeness (QED) is 0.836. The first-order valence-corrected chi connectivity index (χ1v) is 8.04. The fraction of sp³-hybridized carbons (Fsp3) is 0.778. The highest BCUT2D eigenvalue weighted by molar-refractivity contribution is 4.99. The van der Waals surface area contributed by atoms with Gasteiger partial charge in [-0.3, -0.25) is 0 Å². The van der Waals surface area contributed by atoms with Gasteiger partial charge in [-0.25, -0.2) is 0 Å². The molecule has 1 aliphatic carbocycles. The second-order valence-electron chi connectivity index (χ2n) is 8.30. The third-order valence-corrected chi connectivity index (χ3v) is 4.48. The number of nitrogens with one attached hydrogen (secondary N) is 1. The Morgan fingerprint density at radius 2 is 1.90 bits per heavy atom. The molecule has 0 bridgehead atoms. The molecule has 1 unspecified atom stereocenters. The van der Waals surface area contributed by atoms with Gasteiger partial charge in [-0.1, -0.05) is 27.7 Å². The van der Waals surface area contributed by atoms with E-state index >= 15 is 0 Å². The van der Waals surface area contributed by atoms with Crippen molar-refractivity contribution < 1.29 is 4.42 Å². The zero-order valence-electron chi connectivity index (χ0n) is 13.8. The smallest absolute Gasteiger partial charge is 0.103 e. The van der Waals surface area contributed by atoms with E-state index in [0.29, 0.717) is 22.9 Å². The molecule has 2 rings (SSSR count). The first-order chi connectivity index (χ1) is 9.26. The molecule has 20 heavy (non-hydrogen) atoms. The largest absolute Gasteiger partial charge is 0.469 e. The van der Waals surface area contributed by atoms with Crippen molar-refractivity contribution in [2.45, 2.75) is 78.8 Å². The summed E-state index contributed by atoms with van der Waals surface area (Å²) in [6.45, 7) is 12.0. The van der Waals surface area contributed by atoms with Crippen LogP contribution in [0.15, 0.2) is 22.8 Å². The predicted molar refractivity (Wildman–Crippen MR) is 84.8 cm³/mol. The second-order valence-corrected chi connectivity index (χ2v) is 8.30. The highest BCUT2D eigenvalue weighted by Gasteiger charge is 2.38. The molecule has 0 amide bonds. The molecule has 0 aliphatic heterocycles. The molecule has 1 fully saturated rings. The van der Waals surface area contributed by atoms with Gasteiger partial charge < -0.3 is 9.73 Å². The SMILES string of the molecule is CC(CCc1ccco1)NC1CC(C)(C)CC(C)(C)C1. The summed E-state index contributed by atoms with van der Waals surface area (Å²) in [4.78, 5) is 0. The molecule has 1 heterocycles. The second kappa shape index (κ2) is 5.93. The Kier molecular flexibility index (Phi) is 4.63. The Bertz CT molecular complexity index is 389. The van der Waals surface area contributed by atoms with E-state index in [1.807, 2.05) is 6.07 Å². The van der Waals surface area contributed by atoms with Gasteiger partial charge in [0.15, 0.2) is 0 Å². The third-order valence-electron chi connectivity index (χ3n) is 4.48. The van der Waals surface area contributed by atoms with E-state index in [2.05, 4.69) is 46.0 Å². The van der Waals surface area contributed by atoms with Crippen LogP contribution in [0.3, 0.4) is 0 Å². The van der Waals surface area contributed by atoms with E-state index in [1.165, 1.54) is 19.3 Å². The highest BCUT2D eigenvalue weighted by Crippen LogP contribution is 2.45. The van der Waals surface area contributed by atoms with Crippen molar-refractivity contribution in [2.24, 2.45) is 10.8 Å². The lowest BCUT2D eigenvalue weighted by Crippen LogP contribution is -2.46. The average molecular weight is 277 g/mol. The predicted octanol–water partition coefficient (Wildman–Crippen LogP) is 4.80. The van der Waals surface area contributed by atoms with E-state index in [4.69, 9.17) is 4.42 Å². The van der Waals surface area contributed by atoms with E-state index in [0.717, 1.165) is 18.6 Å². The van der Waals surface area contributed by atoms with Crippen LogP contribution in [0, 0.1) is 10.8 Å². The van der Waals surface area contributed by atoms with E-state index in [9.17, 15) is 0 Å². The summed E-state index contributed by atoms with van der Waals surface area (Å²) >= 11 is 0. The molecular weight excluding hydrogens is 246 g/mol. The van der Waals surface area contributed by atoms with Gasteiger partial charge in [-0.05, 0) is 55.6 Å². The summed E-state index contributed by atoms with van der Waals surface area (Å²) in [5.41, 5.74) is 0.917. The molecule has 1 aromatic heterocycles. The van der Waals surface area contributed by atoms with Crippen LogP contribution in [-0.4, -0.2) is 12.1 Å². The molecule has 1 atom stereocenters. The number of hydrogen-bond acceptors (Lipinski definition) is 2. The number of rotatable bonds is 5. The zero-order valence-corrected chi connectivity index (χ0v) is 13.8. The van der Waals surface area contributed by atoms with Gasteiger partial charge in [0, 0.05) is 18.5 Å². The van der Waals surface area contributed by atoms with E-state index < -0.39 is 0 Å². The van der Waals surface area contributed by atoms with Crippen LogP contribution in [0.4, 0.5) is 0 Å². The lowest BCUT2D eigenvalue weighted by atomic mass is 9.63. The summed E-state index contributed by atoms with van der Waals surface area (Å²) in [5.74, 6) is 1.10. The van der Waals surface area contributed by atoms with Crippen LogP contribution in [0.5, 0.6) is 0 Å². The Morgan fingerprint density at radius 3 is 2.45 bits per heavy atom. The van der Waals surface area contributed by atoms with Gasteiger partial charge >= 0.3 is 0 Å². The van der Waals surface area contributed by atoms with Crippen LogP contribution in [0.25, 0.3) is 0 Å². The Balaban J connectivity index is 1.82. The van der Waals surface area contributed by atoms with Crippen LogP contribution in [-0.2, 0) is 6.42 Å². The third kappa shape index (κ3) is 4.66. The molecule has 0 aromatic carbocycles. The maximum Gasteiger partial charge on any atom is 0.103 e.